The lowest BCUT2D eigenvalue weighted by Gasteiger charge is -2.10. The molecule has 0 bridgehead atoms. The number of hydrogen-bond acceptors (Lipinski definition) is 4. The molecule has 0 aliphatic carbocycles. The normalized spacial score (nSPS) is 10.3. The Hall–Kier alpha value is -2.07. The molecule has 1 aromatic heterocycles. The predicted octanol–water partition coefficient (Wildman–Crippen LogP) is 2.70. The summed E-state index contributed by atoms with van der Waals surface area (Å²) in [7, 11) is 3.32. The molecule has 4 nitrogen and oxygen atoms in total. The molecule has 0 unspecified atom stereocenters. The highest BCUT2D eigenvalue weighted by atomic mass is 16.5. The molecule has 106 valence electrons. The summed E-state index contributed by atoms with van der Waals surface area (Å²) in [6.45, 7) is 3.64. The molecule has 0 radical (unpaired) electrons. The zero-order chi connectivity index (χ0) is 14.4. The van der Waals surface area contributed by atoms with Crippen LogP contribution in [0.4, 0.5) is 0 Å². The minimum atomic E-state index is 0.759. The largest absolute Gasteiger partial charge is 0.497 e. The van der Waals surface area contributed by atoms with Crippen LogP contribution in [0.3, 0.4) is 0 Å². The molecule has 1 aromatic carbocycles. The Morgan fingerprint density at radius 2 is 1.75 bits per heavy atom. The molecule has 0 spiro atoms. The zero-order valence-corrected chi connectivity index (χ0v) is 12.1. The third-order valence-electron chi connectivity index (χ3n) is 3.19. The van der Waals surface area contributed by atoms with Crippen LogP contribution in [-0.4, -0.2) is 19.2 Å². The molecule has 20 heavy (non-hydrogen) atoms. The van der Waals surface area contributed by atoms with Crippen LogP contribution >= 0.6 is 0 Å². The summed E-state index contributed by atoms with van der Waals surface area (Å²) in [6, 6.07) is 7.93. The third kappa shape index (κ3) is 3.71. The standard InChI is InChI=1S/C16H20N2O2/c1-12-9-17-5-4-14(12)11-18-10-13-6-15(19-2)8-16(7-13)20-3/h4-9,18H,10-11H2,1-3H3. The molecule has 2 aromatic rings. The predicted molar refractivity (Wildman–Crippen MR) is 79.1 cm³/mol. The number of aromatic nitrogens is 1. The van der Waals surface area contributed by atoms with Crippen molar-refractivity contribution in [2.45, 2.75) is 20.0 Å². The first-order valence-corrected chi connectivity index (χ1v) is 6.55. The number of methoxy groups -OCH3 is 2. The first-order chi connectivity index (χ1) is 9.72. The van der Waals surface area contributed by atoms with Gasteiger partial charge in [0.1, 0.15) is 11.5 Å². The van der Waals surface area contributed by atoms with Crippen LogP contribution < -0.4 is 14.8 Å². The van der Waals surface area contributed by atoms with E-state index in [-0.39, 0.29) is 0 Å². The molecule has 0 aliphatic rings. The number of aryl methyl sites for hydroxylation is 1. The Morgan fingerprint density at radius 1 is 1.05 bits per heavy atom. The summed E-state index contributed by atoms with van der Waals surface area (Å²) in [5.74, 6) is 1.61. The van der Waals surface area contributed by atoms with Gasteiger partial charge in [-0.2, -0.15) is 0 Å². The van der Waals surface area contributed by atoms with Gasteiger partial charge in [0, 0.05) is 31.5 Å². The van der Waals surface area contributed by atoms with Gasteiger partial charge in [-0.05, 0) is 41.8 Å². The average Bonchev–Trinajstić information content (AvgIpc) is 2.48. The van der Waals surface area contributed by atoms with Crippen molar-refractivity contribution >= 4 is 0 Å². The van der Waals surface area contributed by atoms with E-state index in [0.29, 0.717) is 0 Å². The smallest absolute Gasteiger partial charge is 0.122 e. The van der Waals surface area contributed by atoms with Crippen molar-refractivity contribution < 1.29 is 9.47 Å². The van der Waals surface area contributed by atoms with Crippen LogP contribution in [-0.2, 0) is 13.1 Å². The van der Waals surface area contributed by atoms with E-state index in [1.54, 1.807) is 14.2 Å². The summed E-state index contributed by atoms with van der Waals surface area (Å²) in [4.78, 5) is 4.10. The van der Waals surface area contributed by atoms with Gasteiger partial charge >= 0.3 is 0 Å². The summed E-state index contributed by atoms with van der Waals surface area (Å²) >= 11 is 0. The van der Waals surface area contributed by atoms with Crippen molar-refractivity contribution in [3.8, 4) is 11.5 Å². The van der Waals surface area contributed by atoms with E-state index in [1.165, 1.54) is 11.1 Å². The number of ether oxygens (including phenoxy) is 2. The van der Waals surface area contributed by atoms with Crippen LogP contribution in [0.15, 0.2) is 36.7 Å². The fourth-order valence-electron chi connectivity index (χ4n) is 2.01. The van der Waals surface area contributed by atoms with Crippen LogP contribution in [0.5, 0.6) is 11.5 Å². The number of nitrogens with zero attached hydrogens (tertiary/aromatic N) is 1. The molecule has 4 heteroatoms. The van der Waals surface area contributed by atoms with Gasteiger partial charge < -0.3 is 14.8 Å². The molecular formula is C16H20N2O2. The van der Waals surface area contributed by atoms with Crippen LogP contribution in [0.2, 0.25) is 0 Å². The molecule has 0 saturated carbocycles. The Morgan fingerprint density at radius 3 is 2.35 bits per heavy atom. The lowest BCUT2D eigenvalue weighted by atomic mass is 10.1. The van der Waals surface area contributed by atoms with Gasteiger partial charge in [0.2, 0.25) is 0 Å². The van der Waals surface area contributed by atoms with Gasteiger partial charge in [0.25, 0.3) is 0 Å². The van der Waals surface area contributed by atoms with Gasteiger partial charge in [-0.15, -0.1) is 0 Å². The number of benzene rings is 1. The van der Waals surface area contributed by atoms with Crippen molar-refractivity contribution in [1.82, 2.24) is 10.3 Å². The molecule has 0 amide bonds. The number of rotatable bonds is 6. The van der Waals surface area contributed by atoms with E-state index < -0.39 is 0 Å². The van der Waals surface area contributed by atoms with Gasteiger partial charge in [-0.3, -0.25) is 4.98 Å². The van der Waals surface area contributed by atoms with Crippen molar-refractivity contribution in [2.24, 2.45) is 0 Å². The van der Waals surface area contributed by atoms with E-state index in [1.807, 2.05) is 36.7 Å². The number of pyridine rings is 1. The third-order valence-corrected chi connectivity index (χ3v) is 3.19. The van der Waals surface area contributed by atoms with Crippen LogP contribution in [0.25, 0.3) is 0 Å². The number of nitrogens with one attached hydrogen (secondary N) is 1. The number of hydrogen-bond donors (Lipinski definition) is 1. The maximum absolute atomic E-state index is 5.27. The maximum Gasteiger partial charge on any atom is 0.122 e. The summed E-state index contributed by atoms with van der Waals surface area (Å²) < 4.78 is 10.5. The molecule has 0 saturated heterocycles. The summed E-state index contributed by atoms with van der Waals surface area (Å²) in [5.41, 5.74) is 3.59. The molecule has 0 aliphatic heterocycles. The maximum atomic E-state index is 5.27. The average molecular weight is 272 g/mol. The quantitative estimate of drug-likeness (QED) is 0.878. The van der Waals surface area contributed by atoms with E-state index in [2.05, 4.69) is 17.2 Å². The van der Waals surface area contributed by atoms with Gasteiger partial charge in [0.15, 0.2) is 0 Å². The summed E-state index contributed by atoms with van der Waals surface area (Å²) in [6.07, 6.45) is 3.70. The second-order valence-corrected chi connectivity index (χ2v) is 4.63. The Labute approximate surface area is 119 Å². The van der Waals surface area contributed by atoms with Crippen molar-refractivity contribution in [1.29, 1.82) is 0 Å². The molecule has 1 N–H and O–H groups in total. The molecule has 1 heterocycles. The van der Waals surface area contributed by atoms with Gasteiger partial charge in [0.05, 0.1) is 14.2 Å². The van der Waals surface area contributed by atoms with Gasteiger partial charge in [-0.1, -0.05) is 0 Å². The van der Waals surface area contributed by atoms with Crippen LogP contribution in [0, 0.1) is 6.92 Å². The van der Waals surface area contributed by atoms with Crippen molar-refractivity contribution in [3.63, 3.8) is 0 Å². The van der Waals surface area contributed by atoms with Crippen molar-refractivity contribution in [2.75, 3.05) is 14.2 Å². The Kier molecular flexibility index (Phi) is 4.96. The first-order valence-electron chi connectivity index (χ1n) is 6.55. The molecule has 0 fully saturated rings. The first kappa shape index (κ1) is 14.3. The monoisotopic (exact) mass is 272 g/mol. The second kappa shape index (κ2) is 6.91. The van der Waals surface area contributed by atoms with E-state index in [9.17, 15) is 0 Å². The SMILES string of the molecule is COc1cc(CNCc2ccncc2C)cc(OC)c1. The lowest BCUT2D eigenvalue weighted by molar-refractivity contribution is 0.393. The fourth-order valence-corrected chi connectivity index (χ4v) is 2.01. The van der Waals surface area contributed by atoms with Crippen molar-refractivity contribution in [3.05, 3.63) is 53.3 Å². The topological polar surface area (TPSA) is 43.4 Å². The Balaban J connectivity index is 1.99. The fraction of sp³-hybridized carbons (Fsp3) is 0.312. The molecule has 2 rings (SSSR count). The lowest BCUT2D eigenvalue weighted by Crippen LogP contribution is -2.13. The highest BCUT2D eigenvalue weighted by Gasteiger charge is 2.02. The second-order valence-electron chi connectivity index (χ2n) is 4.63. The minimum absolute atomic E-state index is 0.759. The zero-order valence-electron chi connectivity index (χ0n) is 12.1. The van der Waals surface area contributed by atoms with Crippen LogP contribution in [0.1, 0.15) is 16.7 Å². The molecular weight excluding hydrogens is 252 g/mol. The highest BCUT2D eigenvalue weighted by molar-refractivity contribution is 5.38. The highest BCUT2D eigenvalue weighted by Crippen LogP contribution is 2.22. The van der Waals surface area contributed by atoms with E-state index in [4.69, 9.17) is 9.47 Å². The van der Waals surface area contributed by atoms with Gasteiger partial charge in [-0.25, -0.2) is 0 Å². The van der Waals surface area contributed by atoms with E-state index in [0.717, 1.165) is 30.2 Å². The summed E-state index contributed by atoms with van der Waals surface area (Å²) in [5, 5.41) is 3.42. The Bertz CT molecular complexity index is 548. The molecule has 0 atom stereocenters. The van der Waals surface area contributed by atoms with E-state index >= 15 is 0 Å². The minimum Gasteiger partial charge on any atom is -0.497 e.